The van der Waals surface area contributed by atoms with Crippen LogP contribution in [0, 0.1) is 0 Å². The molecule has 2 rings (SSSR count). The first-order valence-corrected chi connectivity index (χ1v) is 5.39. The monoisotopic (exact) mass is 212 g/mol. The van der Waals surface area contributed by atoms with Crippen molar-refractivity contribution in [3.05, 3.63) is 16.7 Å². The SMILES string of the molecule is O=Cc1[nH]c(C2CCCCC2)nc1Cl. The van der Waals surface area contributed by atoms with Gasteiger partial charge in [-0.2, -0.15) is 0 Å². The maximum atomic E-state index is 10.6. The quantitative estimate of drug-likeness (QED) is 0.767. The molecule has 0 amide bonds. The first-order chi connectivity index (χ1) is 6.81. The van der Waals surface area contributed by atoms with E-state index in [0.29, 0.717) is 16.8 Å². The summed E-state index contributed by atoms with van der Waals surface area (Å²) in [5, 5.41) is 0.306. The van der Waals surface area contributed by atoms with Crippen molar-refractivity contribution in [2.45, 2.75) is 38.0 Å². The minimum absolute atomic E-state index is 0.306. The van der Waals surface area contributed by atoms with E-state index in [9.17, 15) is 4.79 Å². The fourth-order valence-electron chi connectivity index (χ4n) is 2.03. The molecule has 0 bridgehead atoms. The van der Waals surface area contributed by atoms with Gasteiger partial charge in [0.2, 0.25) is 0 Å². The smallest absolute Gasteiger partial charge is 0.169 e. The number of imidazole rings is 1. The van der Waals surface area contributed by atoms with E-state index in [1.165, 1.54) is 19.3 Å². The van der Waals surface area contributed by atoms with Gasteiger partial charge in [0.1, 0.15) is 11.5 Å². The molecule has 0 atom stereocenters. The summed E-state index contributed by atoms with van der Waals surface area (Å²) in [7, 11) is 0. The van der Waals surface area contributed by atoms with Crippen molar-refractivity contribution in [2.75, 3.05) is 0 Å². The van der Waals surface area contributed by atoms with Crippen LogP contribution in [0.4, 0.5) is 0 Å². The lowest BCUT2D eigenvalue weighted by molar-refractivity contribution is 0.111. The third-order valence-corrected chi connectivity index (χ3v) is 3.10. The van der Waals surface area contributed by atoms with Crippen molar-refractivity contribution in [3.63, 3.8) is 0 Å². The number of aldehydes is 1. The molecule has 0 aliphatic heterocycles. The minimum Gasteiger partial charge on any atom is -0.338 e. The Kier molecular flexibility index (Phi) is 2.87. The molecule has 0 saturated heterocycles. The van der Waals surface area contributed by atoms with Crippen molar-refractivity contribution in [1.82, 2.24) is 9.97 Å². The summed E-state index contributed by atoms with van der Waals surface area (Å²) in [5.41, 5.74) is 0.409. The van der Waals surface area contributed by atoms with Crippen LogP contribution in [-0.4, -0.2) is 16.3 Å². The van der Waals surface area contributed by atoms with E-state index >= 15 is 0 Å². The molecule has 1 heterocycles. The second-order valence-corrected chi connectivity index (χ2v) is 4.14. The summed E-state index contributed by atoms with van der Waals surface area (Å²) in [5.74, 6) is 1.35. The molecule has 4 heteroatoms. The van der Waals surface area contributed by atoms with Crippen LogP contribution >= 0.6 is 11.6 Å². The number of carbonyl (C=O) groups is 1. The number of nitrogens with zero attached hydrogens (tertiary/aromatic N) is 1. The van der Waals surface area contributed by atoms with E-state index in [1.54, 1.807) is 0 Å². The molecule has 1 fully saturated rings. The first-order valence-electron chi connectivity index (χ1n) is 5.02. The molecule has 1 N–H and O–H groups in total. The van der Waals surface area contributed by atoms with Gasteiger partial charge in [0.25, 0.3) is 0 Å². The molecule has 1 aliphatic rings. The average molecular weight is 213 g/mol. The number of aromatic amines is 1. The van der Waals surface area contributed by atoms with E-state index in [-0.39, 0.29) is 0 Å². The molecule has 1 aromatic rings. The zero-order chi connectivity index (χ0) is 9.97. The van der Waals surface area contributed by atoms with Crippen molar-refractivity contribution in [3.8, 4) is 0 Å². The lowest BCUT2D eigenvalue weighted by atomic mass is 9.89. The lowest BCUT2D eigenvalue weighted by Crippen LogP contribution is -2.06. The summed E-state index contributed by atoms with van der Waals surface area (Å²) in [6.07, 6.45) is 6.84. The number of aromatic nitrogens is 2. The third kappa shape index (κ3) is 1.82. The molecule has 0 aromatic carbocycles. The predicted molar refractivity (Wildman–Crippen MR) is 54.8 cm³/mol. The molecule has 0 unspecified atom stereocenters. The number of carbonyl (C=O) groups excluding carboxylic acids is 1. The van der Waals surface area contributed by atoms with Crippen LogP contribution in [0.5, 0.6) is 0 Å². The zero-order valence-electron chi connectivity index (χ0n) is 7.92. The van der Waals surface area contributed by atoms with Gasteiger partial charge in [-0.25, -0.2) is 4.98 Å². The largest absolute Gasteiger partial charge is 0.338 e. The Labute approximate surface area is 87.9 Å². The molecule has 1 aromatic heterocycles. The Morgan fingerprint density at radius 1 is 1.36 bits per heavy atom. The average Bonchev–Trinajstić information content (AvgIpc) is 2.61. The van der Waals surface area contributed by atoms with Gasteiger partial charge in [-0.05, 0) is 12.8 Å². The Bertz CT molecular complexity index is 329. The molecular formula is C10H13ClN2O. The molecular weight excluding hydrogens is 200 g/mol. The molecule has 1 saturated carbocycles. The summed E-state index contributed by atoms with van der Waals surface area (Å²) < 4.78 is 0. The summed E-state index contributed by atoms with van der Waals surface area (Å²) >= 11 is 5.79. The number of H-pyrrole nitrogens is 1. The molecule has 1 aliphatic carbocycles. The van der Waals surface area contributed by atoms with Crippen LogP contribution in [0.1, 0.15) is 54.3 Å². The zero-order valence-corrected chi connectivity index (χ0v) is 8.68. The van der Waals surface area contributed by atoms with Crippen LogP contribution in [0.2, 0.25) is 5.15 Å². The molecule has 0 spiro atoms. The summed E-state index contributed by atoms with van der Waals surface area (Å²) in [4.78, 5) is 17.7. The molecule has 76 valence electrons. The van der Waals surface area contributed by atoms with Crippen molar-refractivity contribution >= 4 is 17.9 Å². The minimum atomic E-state index is 0.306. The Hall–Kier alpha value is -0.830. The summed E-state index contributed by atoms with van der Waals surface area (Å²) in [6, 6.07) is 0. The van der Waals surface area contributed by atoms with Crippen LogP contribution in [0.3, 0.4) is 0 Å². The molecule has 3 nitrogen and oxygen atoms in total. The summed E-state index contributed by atoms with van der Waals surface area (Å²) in [6.45, 7) is 0. The molecule has 0 radical (unpaired) electrons. The van der Waals surface area contributed by atoms with Crippen molar-refractivity contribution in [1.29, 1.82) is 0 Å². The van der Waals surface area contributed by atoms with Crippen molar-refractivity contribution < 1.29 is 4.79 Å². The Morgan fingerprint density at radius 2 is 2.07 bits per heavy atom. The highest BCUT2D eigenvalue weighted by atomic mass is 35.5. The highest BCUT2D eigenvalue weighted by Gasteiger charge is 2.19. The van der Waals surface area contributed by atoms with E-state index < -0.39 is 0 Å². The third-order valence-electron chi connectivity index (χ3n) is 2.81. The Balaban J connectivity index is 2.18. The van der Waals surface area contributed by atoms with Gasteiger partial charge < -0.3 is 4.98 Å². The van der Waals surface area contributed by atoms with Gasteiger partial charge in [0.15, 0.2) is 11.4 Å². The predicted octanol–water partition coefficient (Wildman–Crippen LogP) is 2.92. The fraction of sp³-hybridized carbons (Fsp3) is 0.600. The van der Waals surface area contributed by atoms with Crippen molar-refractivity contribution in [2.24, 2.45) is 0 Å². The second-order valence-electron chi connectivity index (χ2n) is 3.78. The van der Waals surface area contributed by atoms with E-state index in [4.69, 9.17) is 11.6 Å². The normalized spacial score (nSPS) is 18.4. The van der Waals surface area contributed by atoms with Gasteiger partial charge >= 0.3 is 0 Å². The second kappa shape index (κ2) is 4.13. The number of hydrogen-bond donors (Lipinski definition) is 1. The van der Waals surface area contributed by atoms with Crippen LogP contribution < -0.4 is 0 Å². The number of rotatable bonds is 2. The maximum absolute atomic E-state index is 10.6. The van der Waals surface area contributed by atoms with Gasteiger partial charge in [-0.1, -0.05) is 30.9 Å². The number of hydrogen-bond acceptors (Lipinski definition) is 2. The lowest BCUT2D eigenvalue weighted by Gasteiger charge is -2.18. The van der Waals surface area contributed by atoms with Gasteiger partial charge in [-0.3, -0.25) is 4.79 Å². The van der Waals surface area contributed by atoms with Crippen LogP contribution in [-0.2, 0) is 0 Å². The van der Waals surface area contributed by atoms with E-state index in [1.807, 2.05) is 0 Å². The maximum Gasteiger partial charge on any atom is 0.169 e. The number of halogens is 1. The molecule has 14 heavy (non-hydrogen) atoms. The van der Waals surface area contributed by atoms with Gasteiger partial charge in [0, 0.05) is 5.92 Å². The highest BCUT2D eigenvalue weighted by molar-refractivity contribution is 6.31. The standard InChI is InChI=1S/C10H13ClN2O/c11-9-8(6-14)12-10(13-9)7-4-2-1-3-5-7/h6-7H,1-5H2,(H,12,13). The highest BCUT2D eigenvalue weighted by Crippen LogP contribution is 2.31. The van der Waals surface area contributed by atoms with Gasteiger partial charge in [-0.15, -0.1) is 0 Å². The van der Waals surface area contributed by atoms with E-state index in [2.05, 4.69) is 9.97 Å². The Morgan fingerprint density at radius 3 is 2.64 bits per heavy atom. The van der Waals surface area contributed by atoms with E-state index in [0.717, 1.165) is 25.0 Å². The topological polar surface area (TPSA) is 45.8 Å². The number of nitrogens with one attached hydrogen (secondary N) is 1. The van der Waals surface area contributed by atoms with Crippen LogP contribution in [0.25, 0.3) is 0 Å². The fourth-order valence-corrected chi connectivity index (χ4v) is 2.21. The van der Waals surface area contributed by atoms with Gasteiger partial charge in [0.05, 0.1) is 0 Å². The first kappa shape index (κ1) is 9.71. The van der Waals surface area contributed by atoms with Crippen LogP contribution in [0.15, 0.2) is 0 Å².